The molecule has 0 aliphatic carbocycles. The van der Waals surface area contributed by atoms with Crippen molar-refractivity contribution in [3.63, 3.8) is 0 Å². The third-order valence-electron chi connectivity index (χ3n) is 4.68. The van der Waals surface area contributed by atoms with Crippen LogP contribution in [0.1, 0.15) is 71.6 Å². The molecule has 0 radical (unpaired) electrons. The summed E-state index contributed by atoms with van der Waals surface area (Å²) in [7, 11) is 0. The summed E-state index contributed by atoms with van der Waals surface area (Å²) in [6.07, 6.45) is 12.8. The second kappa shape index (κ2) is 11.1. The van der Waals surface area contributed by atoms with E-state index in [1.165, 1.54) is 82.8 Å². The molecular formula is C17H34BrN. The summed E-state index contributed by atoms with van der Waals surface area (Å²) in [5.74, 6) is 1.88. The molecule has 1 heterocycles. The van der Waals surface area contributed by atoms with Gasteiger partial charge in [-0.1, -0.05) is 61.9 Å². The lowest BCUT2D eigenvalue weighted by molar-refractivity contribution is 0.155. The lowest BCUT2D eigenvalue weighted by Crippen LogP contribution is -2.35. The molecule has 0 spiro atoms. The van der Waals surface area contributed by atoms with Crippen LogP contribution >= 0.6 is 15.9 Å². The van der Waals surface area contributed by atoms with Gasteiger partial charge in [-0.15, -0.1) is 0 Å². The summed E-state index contributed by atoms with van der Waals surface area (Å²) in [5.41, 5.74) is 0. The summed E-state index contributed by atoms with van der Waals surface area (Å²) < 4.78 is 0. The molecule has 1 nitrogen and oxygen atoms in total. The van der Waals surface area contributed by atoms with Crippen LogP contribution in [0.2, 0.25) is 0 Å². The van der Waals surface area contributed by atoms with Crippen molar-refractivity contribution >= 4 is 15.9 Å². The van der Waals surface area contributed by atoms with E-state index in [0.717, 1.165) is 11.8 Å². The first kappa shape index (κ1) is 17.5. The smallest absolute Gasteiger partial charge is 0.00313 e. The van der Waals surface area contributed by atoms with Gasteiger partial charge in [0.1, 0.15) is 0 Å². The Morgan fingerprint density at radius 2 is 1.42 bits per heavy atom. The number of piperidine rings is 1. The summed E-state index contributed by atoms with van der Waals surface area (Å²) in [6.45, 7) is 8.83. The highest BCUT2D eigenvalue weighted by molar-refractivity contribution is 9.09. The van der Waals surface area contributed by atoms with Crippen LogP contribution in [-0.4, -0.2) is 29.9 Å². The van der Waals surface area contributed by atoms with Crippen molar-refractivity contribution in [2.24, 2.45) is 11.8 Å². The van der Waals surface area contributed by atoms with Crippen LogP contribution in [0.25, 0.3) is 0 Å². The summed E-state index contributed by atoms with van der Waals surface area (Å²) >= 11 is 3.49. The van der Waals surface area contributed by atoms with Gasteiger partial charge in [0.2, 0.25) is 0 Å². The molecule has 0 atom stereocenters. The predicted octanol–water partition coefficient (Wildman–Crippen LogP) is 5.48. The molecule has 0 aromatic heterocycles. The van der Waals surface area contributed by atoms with Crippen molar-refractivity contribution < 1.29 is 0 Å². The Kier molecular flexibility index (Phi) is 10.3. The van der Waals surface area contributed by atoms with E-state index in [4.69, 9.17) is 0 Å². The van der Waals surface area contributed by atoms with Gasteiger partial charge >= 0.3 is 0 Å². The average Bonchev–Trinajstić information content (AvgIpc) is 2.42. The van der Waals surface area contributed by atoms with Crippen LogP contribution in [-0.2, 0) is 0 Å². The molecule has 0 saturated carbocycles. The topological polar surface area (TPSA) is 3.24 Å². The van der Waals surface area contributed by atoms with Crippen molar-refractivity contribution in [3.8, 4) is 0 Å². The van der Waals surface area contributed by atoms with Gasteiger partial charge in [-0.25, -0.2) is 0 Å². The Labute approximate surface area is 129 Å². The van der Waals surface area contributed by atoms with E-state index in [0.29, 0.717) is 0 Å². The molecule has 1 aliphatic rings. The molecule has 0 unspecified atom stereocenters. The average molecular weight is 332 g/mol. The lowest BCUT2D eigenvalue weighted by Gasteiger charge is -2.33. The van der Waals surface area contributed by atoms with Crippen LogP contribution in [0.5, 0.6) is 0 Å². The molecule has 0 N–H and O–H groups in total. The molecule has 1 saturated heterocycles. The molecule has 1 fully saturated rings. The van der Waals surface area contributed by atoms with E-state index in [1.54, 1.807) is 0 Å². The third-order valence-corrected chi connectivity index (χ3v) is 5.24. The molecule has 1 aliphatic heterocycles. The second-order valence-corrected chi connectivity index (χ2v) is 7.38. The first-order chi connectivity index (χ1) is 9.24. The summed E-state index contributed by atoms with van der Waals surface area (Å²) in [6, 6.07) is 0. The first-order valence-electron chi connectivity index (χ1n) is 8.52. The SMILES string of the molecule is CC(C)C1CCN(CCCCCCCCCBr)CC1. The third kappa shape index (κ3) is 8.34. The number of halogens is 1. The molecule has 0 amide bonds. The Balaban J connectivity index is 1.88. The number of hydrogen-bond donors (Lipinski definition) is 0. The van der Waals surface area contributed by atoms with Crippen molar-refractivity contribution in [2.75, 3.05) is 25.0 Å². The Hall–Kier alpha value is 0.440. The highest BCUT2D eigenvalue weighted by atomic mass is 79.9. The Bertz CT molecular complexity index is 197. The monoisotopic (exact) mass is 331 g/mol. The minimum Gasteiger partial charge on any atom is -0.303 e. The lowest BCUT2D eigenvalue weighted by atomic mass is 9.87. The molecule has 1 rings (SSSR count). The van der Waals surface area contributed by atoms with Gasteiger partial charge in [-0.3, -0.25) is 0 Å². The highest BCUT2D eigenvalue weighted by Gasteiger charge is 2.20. The van der Waals surface area contributed by atoms with E-state index >= 15 is 0 Å². The van der Waals surface area contributed by atoms with Crippen LogP contribution in [0.3, 0.4) is 0 Å². The van der Waals surface area contributed by atoms with Gasteiger partial charge in [0.15, 0.2) is 0 Å². The number of nitrogens with zero attached hydrogens (tertiary/aromatic N) is 1. The van der Waals surface area contributed by atoms with E-state index in [-0.39, 0.29) is 0 Å². The van der Waals surface area contributed by atoms with Crippen LogP contribution in [0.15, 0.2) is 0 Å². The van der Waals surface area contributed by atoms with Crippen LogP contribution < -0.4 is 0 Å². The normalized spacial score (nSPS) is 18.3. The fraction of sp³-hybridized carbons (Fsp3) is 1.00. The number of likely N-dealkylation sites (tertiary alicyclic amines) is 1. The minimum atomic E-state index is 0.890. The maximum absolute atomic E-state index is 3.49. The van der Waals surface area contributed by atoms with Crippen LogP contribution in [0, 0.1) is 11.8 Å². The van der Waals surface area contributed by atoms with E-state index in [9.17, 15) is 0 Å². The first-order valence-corrected chi connectivity index (χ1v) is 9.64. The standard InChI is InChI=1S/C17H34BrN/c1-16(2)17-10-14-19(15-11-17)13-9-7-5-3-4-6-8-12-18/h16-17H,3-15H2,1-2H3. The number of unbranched alkanes of at least 4 members (excludes halogenated alkanes) is 6. The zero-order valence-electron chi connectivity index (χ0n) is 13.2. The van der Waals surface area contributed by atoms with Gasteiger partial charge in [-0.05, 0) is 57.2 Å². The van der Waals surface area contributed by atoms with E-state index < -0.39 is 0 Å². The van der Waals surface area contributed by atoms with Gasteiger partial charge in [0.05, 0.1) is 0 Å². The summed E-state index contributed by atoms with van der Waals surface area (Å²) in [5, 5.41) is 1.18. The Morgan fingerprint density at radius 1 is 0.895 bits per heavy atom. The predicted molar refractivity (Wildman–Crippen MR) is 90.1 cm³/mol. The molecular weight excluding hydrogens is 298 g/mol. The number of rotatable bonds is 10. The van der Waals surface area contributed by atoms with Crippen molar-refractivity contribution in [3.05, 3.63) is 0 Å². The maximum atomic E-state index is 3.49. The quantitative estimate of drug-likeness (QED) is 0.378. The molecule has 0 bridgehead atoms. The Morgan fingerprint density at radius 3 is 1.95 bits per heavy atom. The minimum absolute atomic E-state index is 0.890. The van der Waals surface area contributed by atoms with Crippen molar-refractivity contribution in [2.45, 2.75) is 71.6 Å². The maximum Gasteiger partial charge on any atom is 0.00313 e. The van der Waals surface area contributed by atoms with E-state index in [1.807, 2.05) is 0 Å². The van der Waals surface area contributed by atoms with Gasteiger partial charge in [0, 0.05) is 5.33 Å². The largest absolute Gasteiger partial charge is 0.303 e. The second-order valence-electron chi connectivity index (χ2n) is 6.59. The van der Waals surface area contributed by atoms with Gasteiger partial charge in [-0.2, -0.15) is 0 Å². The van der Waals surface area contributed by atoms with Gasteiger partial charge < -0.3 is 4.90 Å². The number of alkyl halides is 1. The molecule has 0 aromatic carbocycles. The van der Waals surface area contributed by atoms with E-state index in [2.05, 4.69) is 34.7 Å². The number of hydrogen-bond acceptors (Lipinski definition) is 1. The van der Waals surface area contributed by atoms with Gasteiger partial charge in [0.25, 0.3) is 0 Å². The van der Waals surface area contributed by atoms with Crippen molar-refractivity contribution in [1.82, 2.24) is 4.90 Å². The molecule has 114 valence electrons. The molecule has 2 heteroatoms. The van der Waals surface area contributed by atoms with Crippen LogP contribution in [0.4, 0.5) is 0 Å². The fourth-order valence-corrected chi connectivity index (χ4v) is 3.55. The molecule has 0 aromatic rings. The highest BCUT2D eigenvalue weighted by Crippen LogP contribution is 2.24. The zero-order chi connectivity index (χ0) is 13.9. The molecule has 19 heavy (non-hydrogen) atoms. The summed E-state index contributed by atoms with van der Waals surface area (Å²) in [4.78, 5) is 2.70. The van der Waals surface area contributed by atoms with Crippen molar-refractivity contribution in [1.29, 1.82) is 0 Å². The zero-order valence-corrected chi connectivity index (χ0v) is 14.8. The fourth-order valence-electron chi connectivity index (χ4n) is 3.16.